The van der Waals surface area contributed by atoms with Crippen LogP contribution < -0.4 is 15.0 Å². The van der Waals surface area contributed by atoms with Gasteiger partial charge in [-0.05, 0) is 62.3 Å². The molecule has 1 saturated heterocycles. The summed E-state index contributed by atoms with van der Waals surface area (Å²) in [5, 5.41) is 2.94. The molecule has 35 heavy (non-hydrogen) atoms. The second kappa shape index (κ2) is 10.8. The van der Waals surface area contributed by atoms with Crippen molar-refractivity contribution in [2.45, 2.75) is 77.8 Å². The van der Waals surface area contributed by atoms with Crippen LogP contribution in [0.25, 0.3) is 0 Å². The number of anilines is 1. The van der Waals surface area contributed by atoms with Gasteiger partial charge in [-0.1, -0.05) is 33.3 Å². The fraction of sp³-hybridized carbons (Fsp3) is 0.593. The highest BCUT2D eigenvalue weighted by Gasteiger charge is 2.30. The maximum Gasteiger partial charge on any atom is 0.273 e. The molecule has 190 valence electrons. The number of nitrogens with zero attached hydrogens (tertiary/aromatic N) is 3. The zero-order valence-corrected chi connectivity index (χ0v) is 21.4. The zero-order chi connectivity index (χ0) is 25.0. The van der Waals surface area contributed by atoms with E-state index in [0.717, 1.165) is 31.5 Å². The van der Waals surface area contributed by atoms with Gasteiger partial charge in [-0.15, -0.1) is 0 Å². The lowest BCUT2D eigenvalue weighted by atomic mass is 9.82. The summed E-state index contributed by atoms with van der Waals surface area (Å²) in [5.41, 5.74) is 2.04. The molecular formula is C27H38N4O4. The number of piperidine rings is 1. The first-order chi connectivity index (χ1) is 16.8. The number of amides is 2. The van der Waals surface area contributed by atoms with E-state index in [4.69, 9.17) is 9.15 Å². The number of nitrogens with one attached hydrogen (secondary N) is 1. The number of hydrogen-bond acceptors (Lipinski definition) is 6. The maximum atomic E-state index is 12.7. The molecule has 0 spiro atoms. The molecule has 1 fully saturated rings. The van der Waals surface area contributed by atoms with Gasteiger partial charge in [0, 0.05) is 19.1 Å². The first-order valence-corrected chi connectivity index (χ1v) is 12.8. The van der Waals surface area contributed by atoms with Crippen LogP contribution in [0.3, 0.4) is 0 Å². The summed E-state index contributed by atoms with van der Waals surface area (Å²) in [4.78, 5) is 33.8. The van der Waals surface area contributed by atoms with Gasteiger partial charge in [0.2, 0.25) is 5.89 Å². The van der Waals surface area contributed by atoms with E-state index in [-0.39, 0.29) is 36.1 Å². The van der Waals surface area contributed by atoms with Crippen molar-refractivity contribution in [3.05, 3.63) is 41.6 Å². The highest BCUT2D eigenvalue weighted by atomic mass is 16.5. The molecule has 2 aliphatic heterocycles. The van der Waals surface area contributed by atoms with Crippen LogP contribution in [0.15, 0.2) is 28.9 Å². The highest BCUT2D eigenvalue weighted by Crippen LogP contribution is 2.38. The SMILES string of the molecule is CCC(C)(C)c1ccc2c(c1)N(Cc1nc(C(=O)NCCCN3CCCCC3C)co1)C(=O)CO2. The van der Waals surface area contributed by atoms with E-state index >= 15 is 0 Å². The molecule has 0 bridgehead atoms. The molecule has 1 atom stereocenters. The second-order valence-electron chi connectivity index (χ2n) is 10.3. The number of aromatic nitrogens is 1. The van der Waals surface area contributed by atoms with Crippen molar-refractivity contribution in [2.75, 3.05) is 31.1 Å². The van der Waals surface area contributed by atoms with Crippen molar-refractivity contribution in [1.29, 1.82) is 0 Å². The predicted octanol–water partition coefficient (Wildman–Crippen LogP) is 4.28. The van der Waals surface area contributed by atoms with Crippen LogP contribution in [0, 0.1) is 0 Å². The summed E-state index contributed by atoms with van der Waals surface area (Å²) in [7, 11) is 0. The lowest BCUT2D eigenvalue weighted by Crippen LogP contribution is -2.39. The first-order valence-electron chi connectivity index (χ1n) is 12.8. The molecule has 4 rings (SSSR count). The van der Waals surface area contributed by atoms with Crippen LogP contribution in [0.4, 0.5) is 5.69 Å². The highest BCUT2D eigenvalue weighted by molar-refractivity contribution is 5.98. The smallest absolute Gasteiger partial charge is 0.273 e. The maximum absolute atomic E-state index is 12.7. The molecule has 2 aromatic rings. The lowest BCUT2D eigenvalue weighted by Gasteiger charge is -2.33. The third-order valence-electron chi connectivity index (χ3n) is 7.49. The van der Waals surface area contributed by atoms with Gasteiger partial charge in [0.25, 0.3) is 11.8 Å². The Balaban J connectivity index is 1.36. The van der Waals surface area contributed by atoms with Gasteiger partial charge in [0.05, 0.1) is 5.69 Å². The number of ether oxygens (including phenoxy) is 1. The van der Waals surface area contributed by atoms with Gasteiger partial charge in [-0.2, -0.15) is 0 Å². The van der Waals surface area contributed by atoms with Gasteiger partial charge < -0.3 is 19.4 Å². The van der Waals surface area contributed by atoms with Gasteiger partial charge in [-0.25, -0.2) is 4.98 Å². The Hall–Kier alpha value is -2.87. The van der Waals surface area contributed by atoms with E-state index < -0.39 is 0 Å². The normalized spacial score (nSPS) is 18.8. The molecule has 0 radical (unpaired) electrons. The predicted molar refractivity (Wildman–Crippen MR) is 135 cm³/mol. The fourth-order valence-corrected chi connectivity index (χ4v) is 4.69. The number of likely N-dealkylation sites (tertiary alicyclic amines) is 1. The molecule has 1 aromatic heterocycles. The average molecular weight is 483 g/mol. The fourth-order valence-electron chi connectivity index (χ4n) is 4.69. The molecule has 1 unspecified atom stereocenters. The Kier molecular flexibility index (Phi) is 7.79. The van der Waals surface area contributed by atoms with Crippen molar-refractivity contribution in [3.63, 3.8) is 0 Å². The lowest BCUT2D eigenvalue weighted by molar-refractivity contribution is -0.121. The molecule has 3 heterocycles. The van der Waals surface area contributed by atoms with Crippen LogP contribution in [0.1, 0.15) is 81.7 Å². The Morgan fingerprint density at radius 3 is 2.89 bits per heavy atom. The molecule has 8 nitrogen and oxygen atoms in total. The summed E-state index contributed by atoms with van der Waals surface area (Å²) in [5.74, 6) is 0.555. The standard InChI is InChI=1S/C27H38N4O4/c1-5-27(3,4)20-10-11-23-22(15-20)31(25(32)18-34-23)16-24-29-21(17-35-24)26(33)28-12-8-14-30-13-7-6-9-19(30)2/h10-11,15,17,19H,5-9,12-14,16,18H2,1-4H3,(H,28,33). The van der Waals surface area contributed by atoms with Crippen molar-refractivity contribution in [2.24, 2.45) is 0 Å². The molecule has 0 aliphatic carbocycles. The Morgan fingerprint density at radius 1 is 1.29 bits per heavy atom. The Bertz CT molecular complexity index is 1050. The second-order valence-corrected chi connectivity index (χ2v) is 10.3. The number of benzene rings is 1. The minimum absolute atomic E-state index is 0.0264. The van der Waals surface area contributed by atoms with Crippen molar-refractivity contribution in [3.8, 4) is 5.75 Å². The molecule has 0 saturated carbocycles. The first kappa shape index (κ1) is 25.2. The molecule has 2 amide bonds. The van der Waals surface area contributed by atoms with Gasteiger partial charge >= 0.3 is 0 Å². The van der Waals surface area contributed by atoms with Crippen LogP contribution in [0.5, 0.6) is 5.75 Å². The quantitative estimate of drug-likeness (QED) is 0.537. The van der Waals surface area contributed by atoms with Crippen molar-refractivity contribution in [1.82, 2.24) is 15.2 Å². The summed E-state index contributed by atoms with van der Waals surface area (Å²) in [6, 6.07) is 6.60. The van der Waals surface area contributed by atoms with Crippen LogP contribution in [-0.4, -0.2) is 54.0 Å². The van der Waals surface area contributed by atoms with Crippen molar-refractivity contribution >= 4 is 17.5 Å². The minimum Gasteiger partial charge on any atom is -0.482 e. The summed E-state index contributed by atoms with van der Waals surface area (Å²) < 4.78 is 11.2. The molecule has 1 aromatic carbocycles. The van der Waals surface area contributed by atoms with Gasteiger partial charge in [0.1, 0.15) is 18.6 Å². The number of carbonyl (C=O) groups excluding carboxylic acids is 2. The van der Waals surface area contributed by atoms with Gasteiger partial charge in [0.15, 0.2) is 12.3 Å². The van der Waals surface area contributed by atoms with Crippen LogP contribution in [-0.2, 0) is 16.8 Å². The Labute approximate surface area is 208 Å². The zero-order valence-electron chi connectivity index (χ0n) is 21.4. The molecular weight excluding hydrogens is 444 g/mol. The van der Waals surface area contributed by atoms with E-state index in [1.54, 1.807) is 4.90 Å². The van der Waals surface area contributed by atoms with E-state index in [2.05, 4.69) is 49.0 Å². The number of fused-ring (bicyclic) bond motifs is 1. The number of carbonyl (C=O) groups is 2. The monoisotopic (exact) mass is 482 g/mol. The molecule has 8 heteroatoms. The third-order valence-corrected chi connectivity index (χ3v) is 7.49. The molecule has 2 aliphatic rings. The van der Waals surface area contributed by atoms with Crippen LogP contribution >= 0.6 is 0 Å². The Morgan fingerprint density at radius 2 is 2.11 bits per heavy atom. The van der Waals surface area contributed by atoms with E-state index in [9.17, 15) is 9.59 Å². The number of rotatable bonds is 9. The summed E-state index contributed by atoms with van der Waals surface area (Å²) in [6.07, 6.45) is 7.04. The third kappa shape index (κ3) is 5.86. The molecule has 1 N–H and O–H groups in total. The largest absolute Gasteiger partial charge is 0.482 e. The van der Waals surface area contributed by atoms with Crippen molar-refractivity contribution < 1.29 is 18.7 Å². The van der Waals surface area contributed by atoms with E-state index in [0.29, 0.717) is 29.9 Å². The average Bonchev–Trinajstić information content (AvgIpc) is 3.33. The number of oxazole rings is 1. The van der Waals surface area contributed by atoms with E-state index in [1.807, 2.05) is 12.1 Å². The summed E-state index contributed by atoms with van der Waals surface area (Å²) in [6.45, 7) is 11.6. The van der Waals surface area contributed by atoms with Crippen LogP contribution in [0.2, 0.25) is 0 Å². The van der Waals surface area contributed by atoms with Gasteiger partial charge in [-0.3, -0.25) is 14.5 Å². The topological polar surface area (TPSA) is 87.9 Å². The minimum atomic E-state index is -0.257. The summed E-state index contributed by atoms with van der Waals surface area (Å²) >= 11 is 0. The number of hydrogen-bond donors (Lipinski definition) is 1. The van der Waals surface area contributed by atoms with E-state index in [1.165, 1.54) is 25.5 Å².